The SMILES string of the molecule is CCN(CCOc1ccccc1C(C)=O)C(C)c1cccc(OC)c1. The summed E-state index contributed by atoms with van der Waals surface area (Å²) in [7, 11) is 1.68. The highest BCUT2D eigenvalue weighted by atomic mass is 16.5. The molecule has 0 N–H and O–H groups in total. The molecule has 0 aliphatic heterocycles. The Kier molecular flexibility index (Phi) is 7.02. The number of carbonyl (C=O) groups is 1. The molecule has 0 aromatic heterocycles. The maximum Gasteiger partial charge on any atom is 0.163 e. The number of rotatable bonds is 9. The third-order valence-electron chi connectivity index (χ3n) is 4.43. The van der Waals surface area contributed by atoms with Gasteiger partial charge in [0.1, 0.15) is 18.1 Å². The molecule has 0 heterocycles. The van der Waals surface area contributed by atoms with Crippen molar-refractivity contribution in [2.75, 3.05) is 26.8 Å². The lowest BCUT2D eigenvalue weighted by atomic mass is 10.1. The monoisotopic (exact) mass is 341 g/mol. The van der Waals surface area contributed by atoms with Crippen molar-refractivity contribution in [2.24, 2.45) is 0 Å². The molecule has 0 amide bonds. The van der Waals surface area contributed by atoms with Crippen molar-refractivity contribution < 1.29 is 14.3 Å². The van der Waals surface area contributed by atoms with Crippen molar-refractivity contribution in [3.8, 4) is 11.5 Å². The second-order valence-corrected chi connectivity index (χ2v) is 5.98. The average Bonchev–Trinajstić information content (AvgIpc) is 2.65. The van der Waals surface area contributed by atoms with Gasteiger partial charge < -0.3 is 9.47 Å². The Balaban J connectivity index is 1.99. The van der Waals surface area contributed by atoms with E-state index in [2.05, 4.69) is 30.9 Å². The summed E-state index contributed by atoms with van der Waals surface area (Å²) in [5.41, 5.74) is 1.84. The van der Waals surface area contributed by atoms with Crippen LogP contribution in [-0.4, -0.2) is 37.5 Å². The number of hydrogen-bond donors (Lipinski definition) is 0. The van der Waals surface area contributed by atoms with Crippen molar-refractivity contribution in [1.29, 1.82) is 0 Å². The first-order valence-electron chi connectivity index (χ1n) is 8.67. The summed E-state index contributed by atoms with van der Waals surface area (Å²) in [4.78, 5) is 14.0. The Morgan fingerprint density at radius 3 is 2.60 bits per heavy atom. The number of nitrogens with zero attached hydrogens (tertiary/aromatic N) is 1. The molecular formula is C21H27NO3. The van der Waals surface area contributed by atoms with E-state index in [0.29, 0.717) is 17.9 Å². The van der Waals surface area contributed by atoms with Crippen LogP contribution in [0.4, 0.5) is 0 Å². The predicted octanol–water partition coefficient (Wildman–Crippen LogP) is 4.36. The number of ketones is 1. The van der Waals surface area contributed by atoms with Crippen molar-refractivity contribution in [2.45, 2.75) is 26.8 Å². The third-order valence-corrected chi connectivity index (χ3v) is 4.43. The summed E-state index contributed by atoms with van der Waals surface area (Å²) < 4.78 is 11.2. The van der Waals surface area contributed by atoms with Crippen LogP contribution in [0.25, 0.3) is 0 Å². The van der Waals surface area contributed by atoms with Crippen molar-refractivity contribution in [3.05, 3.63) is 59.7 Å². The maximum atomic E-state index is 11.7. The quantitative estimate of drug-likeness (QED) is 0.635. The first kappa shape index (κ1) is 19.0. The average molecular weight is 341 g/mol. The van der Waals surface area contributed by atoms with E-state index in [0.717, 1.165) is 18.8 Å². The zero-order chi connectivity index (χ0) is 18.2. The number of carbonyl (C=O) groups excluding carboxylic acids is 1. The molecule has 0 saturated carbocycles. The molecule has 1 unspecified atom stereocenters. The molecule has 2 rings (SSSR count). The van der Waals surface area contributed by atoms with Crippen LogP contribution in [0.5, 0.6) is 11.5 Å². The van der Waals surface area contributed by atoms with E-state index in [9.17, 15) is 4.79 Å². The van der Waals surface area contributed by atoms with Crippen LogP contribution in [-0.2, 0) is 0 Å². The van der Waals surface area contributed by atoms with E-state index in [-0.39, 0.29) is 11.8 Å². The minimum absolute atomic E-state index is 0.0210. The van der Waals surface area contributed by atoms with Crippen LogP contribution in [0.2, 0.25) is 0 Å². The normalized spacial score (nSPS) is 12.0. The minimum atomic E-state index is 0.0210. The van der Waals surface area contributed by atoms with Gasteiger partial charge >= 0.3 is 0 Å². The molecule has 0 bridgehead atoms. The highest BCUT2D eigenvalue weighted by Crippen LogP contribution is 2.24. The maximum absolute atomic E-state index is 11.7. The largest absolute Gasteiger partial charge is 0.497 e. The predicted molar refractivity (Wildman–Crippen MR) is 101 cm³/mol. The van der Waals surface area contributed by atoms with E-state index in [1.54, 1.807) is 20.1 Å². The van der Waals surface area contributed by atoms with E-state index in [1.165, 1.54) is 5.56 Å². The number of hydrogen-bond acceptors (Lipinski definition) is 4. The number of methoxy groups -OCH3 is 1. The van der Waals surface area contributed by atoms with E-state index >= 15 is 0 Å². The van der Waals surface area contributed by atoms with Crippen LogP contribution >= 0.6 is 0 Å². The van der Waals surface area contributed by atoms with Gasteiger partial charge in [-0.05, 0) is 50.2 Å². The standard InChI is InChI=1S/C21H27NO3/c1-5-22(16(2)18-9-8-10-19(15-18)24-4)13-14-25-21-12-7-6-11-20(21)17(3)23/h6-12,15-16H,5,13-14H2,1-4H3. The summed E-state index contributed by atoms with van der Waals surface area (Å²) in [6, 6.07) is 15.8. The molecule has 0 fully saturated rings. The lowest BCUT2D eigenvalue weighted by molar-refractivity contribution is 0.101. The highest BCUT2D eigenvalue weighted by molar-refractivity contribution is 5.96. The van der Waals surface area contributed by atoms with Crippen LogP contribution in [0, 0.1) is 0 Å². The first-order valence-corrected chi connectivity index (χ1v) is 8.67. The molecule has 134 valence electrons. The van der Waals surface area contributed by atoms with Crippen LogP contribution in [0.3, 0.4) is 0 Å². The molecule has 0 saturated heterocycles. The summed E-state index contributed by atoms with van der Waals surface area (Å²) in [6.45, 7) is 8.11. The van der Waals surface area contributed by atoms with Crippen molar-refractivity contribution in [1.82, 2.24) is 4.90 Å². The van der Waals surface area contributed by atoms with Gasteiger partial charge in [-0.1, -0.05) is 31.2 Å². The number of ether oxygens (including phenoxy) is 2. The van der Waals surface area contributed by atoms with Gasteiger partial charge in [0.05, 0.1) is 12.7 Å². The number of Topliss-reactive ketones (excluding diaryl/α,β-unsaturated/α-hetero) is 1. The molecule has 2 aromatic carbocycles. The second-order valence-electron chi connectivity index (χ2n) is 5.98. The van der Waals surface area contributed by atoms with Gasteiger partial charge in [0.2, 0.25) is 0 Å². The van der Waals surface area contributed by atoms with Crippen LogP contribution in [0.15, 0.2) is 48.5 Å². The van der Waals surface area contributed by atoms with Crippen molar-refractivity contribution in [3.63, 3.8) is 0 Å². The summed E-state index contributed by atoms with van der Waals surface area (Å²) >= 11 is 0. The molecule has 0 radical (unpaired) electrons. The van der Waals surface area contributed by atoms with Gasteiger partial charge in [-0.15, -0.1) is 0 Å². The zero-order valence-corrected chi connectivity index (χ0v) is 15.5. The molecule has 4 heteroatoms. The molecule has 0 spiro atoms. The van der Waals surface area contributed by atoms with Gasteiger partial charge in [0.15, 0.2) is 5.78 Å². The van der Waals surface area contributed by atoms with Gasteiger partial charge in [-0.3, -0.25) is 9.69 Å². The Labute approximate surface area is 150 Å². The molecule has 4 nitrogen and oxygen atoms in total. The van der Waals surface area contributed by atoms with Crippen molar-refractivity contribution >= 4 is 5.78 Å². The number of para-hydroxylation sites is 1. The number of likely N-dealkylation sites (N-methyl/N-ethyl adjacent to an activating group) is 1. The van der Waals surface area contributed by atoms with E-state index in [1.807, 2.05) is 30.3 Å². The lowest BCUT2D eigenvalue weighted by Crippen LogP contribution is -2.31. The highest BCUT2D eigenvalue weighted by Gasteiger charge is 2.15. The molecule has 25 heavy (non-hydrogen) atoms. The Hall–Kier alpha value is -2.33. The molecule has 0 aliphatic rings. The Morgan fingerprint density at radius 2 is 1.92 bits per heavy atom. The van der Waals surface area contributed by atoms with Crippen LogP contribution < -0.4 is 9.47 Å². The molecule has 2 aromatic rings. The Bertz CT molecular complexity index is 699. The Morgan fingerprint density at radius 1 is 1.16 bits per heavy atom. The van der Waals surface area contributed by atoms with E-state index < -0.39 is 0 Å². The smallest absolute Gasteiger partial charge is 0.163 e. The minimum Gasteiger partial charge on any atom is -0.497 e. The fraction of sp³-hybridized carbons (Fsp3) is 0.381. The fourth-order valence-electron chi connectivity index (χ4n) is 2.89. The van der Waals surface area contributed by atoms with Gasteiger partial charge in [-0.25, -0.2) is 0 Å². The fourth-order valence-corrected chi connectivity index (χ4v) is 2.89. The van der Waals surface area contributed by atoms with Gasteiger partial charge in [-0.2, -0.15) is 0 Å². The number of benzene rings is 2. The van der Waals surface area contributed by atoms with Crippen LogP contribution in [0.1, 0.15) is 42.7 Å². The van der Waals surface area contributed by atoms with Gasteiger partial charge in [0, 0.05) is 12.6 Å². The third kappa shape index (κ3) is 5.07. The second kappa shape index (κ2) is 9.23. The zero-order valence-electron chi connectivity index (χ0n) is 15.5. The molecular weight excluding hydrogens is 314 g/mol. The summed E-state index contributed by atoms with van der Waals surface area (Å²) in [5.74, 6) is 1.54. The summed E-state index contributed by atoms with van der Waals surface area (Å²) in [6.07, 6.45) is 0. The summed E-state index contributed by atoms with van der Waals surface area (Å²) in [5, 5.41) is 0. The lowest BCUT2D eigenvalue weighted by Gasteiger charge is -2.28. The topological polar surface area (TPSA) is 38.8 Å². The first-order chi connectivity index (χ1) is 12.1. The molecule has 0 aliphatic carbocycles. The van der Waals surface area contributed by atoms with Gasteiger partial charge in [0.25, 0.3) is 0 Å². The van der Waals surface area contributed by atoms with E-state index in [4.69, 9.17) is 9.47 Å². The molecule has 1 atom stereocenters.